The van der Waals surface area contributed by atoms with Gasteiger partial charge < -0.3 is 15.8 Å². The first-order chi connectivity index (χ1) is 9.04. The lowest BCUT2D eigenvalue weighted by Crippen LogP contribution is -2.37. The lowest BCUT2D eigenvalue weighted by atomic mass is 10.0. The van der Waals surface area contributed by atoms with Crippen molar-refractivity contribution < 1.29 is 9.53 Å². The molecule has 0 saturated heterocycles. The van der Waals surface area contributed by atoms with Crippen LogP contribution in [0.3, 0.4) is 0 Å². The Kier molecular flexibility index (Phi) is 9.21. The highest BCUT2D eigenvalue weighted by atomic mass is 35.5. The lowest BCUT2D eigenvalue weighted by molar-refractivity contribution is -0.122. The molecule has 1 amide bonds. The second kappa shape index (κ2) is 9.75. The topological polar surface area (TPSA) is 64.3 Å². The summed E-state index contributed by atoms with van der Waals surface area (Å²) in [5.41, 5.74) is 6.98. The first-order valence-electron chi connectivity index (χ1n) is 6.64. The van der Waals surface area contributed by atoms with Gasteiger partial charge in [0.2, 0.25) is 5.91 Å². The summed E-state index contributed by atoms with van der Waals surface area (Å²) < 4.78 is 5.31. The van der Waals surface area contributed by atoms with E-state index in [2.05, 4.69) is 19.2 Å². The van der Waals surface area contributed by atoms with E-state index in [1.807, 2.05) is 30.3 Å². The van der Waals surface area contributed by atoms with Gasteiger partial charge in [0.05, 0.1) is 6.10 Å². The Balaban J connectivity index is 0.00000361. The molecule has 3 N–H and O–H groups in total. The molecule has 0 aliphatic rings. The van der Waals surface area contributed by atoms with E-state index in [0.717, 1.165) is 5.56 Å². The largest absolute Gasteiger partial charge is 0.379 e. The van der Waals surface area contributed by atoms with Crippen molar-refractivity contribution in [1.82, 2.24) is 5.32 Å². The average Bonchev–Trinajstić information content (AvgIpc) is 2.40. The van der Waals surface area contributed by atoms with Crippen molar-refractivity contribution in [3.63, 3.8) is 0 Å². The number of benzene rings is 1. The highest BCUT2D eigenvalue weighted by molar-refractivity contribution is 5.85. The molecule has 114 valence electrons. The number of halogens is 1. The van der Waals surface area contributed by atoms with Crippen LogP contribution in [-0.4, -0.2) is 25.7 Å². The molecule has 0 fully saturated rings. The number of nitrogens with two attached hydrogens (primary N) is 1. The molecule has 0 spiro atoms. The molecule has 1 rings (SSSR count). The van der Waals surface area contributed by atoms with E-state index >= 15 is 0 Å². The fourth-order valence-corrected chi connectivity index (χ4v) is 1.90. The second-order valence-electron chi connectivity index (χ2n) is 5.04. The van der Waals surface area contributed by atoms with Crippen molar-refractivity contribution in [2.45, 2.75) is 32.4 Å². The minimum Gasteiger partial charge on any atom is -0.379 e. The second-order valence-corrected chi connectivity index (χ2v) is 5.04. The zero-order chi connectivity index (χ0) is 14.3. The van der Waals surface area contributed by atoms with Crippen molar-refractivity contribution in [3.05, 3.63) is 35.9 Å². The molecule has 0 aliphatic carbocycles. The van der Waals surface area contributed by atoms with Gasteiger partial charge in [0.1, 0.15) is 0 Å². The molecule has 0 saturated carbocycles. The van der Waals surface area contributed by atoms with Gasteiger partial charge in [-0.25, -0.2) is 0 Å². The van der Waals surface area contributed by atoms with Gasteiger partial charge in [-0.3, -0.25) is 4.79 Å². The molecule has 0 heterocycles. The van der Waals surface area contributed by atoms with Gasteiger partial charge in [0.15, 0.2) is 0 Å². The summed E-state index contributed by atoms with van der Waals surface area (Å²) in [6, 6.07) is 9.39. The van der Waals surface area contributed by atoms with Crippen molar-refractivity contribution >= 4 is 18.3 Å². The first-order valence-corrected chi connectivity index (χ1v) is 6.64. The van der Waals surface area contributed by atoms with Crippen molar-refractivity contribution in [2.75, 3.05) is 13.7 Å². The highest BCUT2D eigenvalue weighted by Gasteiger charge is 2.15. The van der Waals surface area contributed by atoms with Crippen LogP contribution >= 0.6 is 12.4 Å². The number of nitrogens with one attached hydrogen (secondary N) is 1. The molecular formula is C15H25ClN2O2. The van der Waals surface area contributed by atoms with Crippen LogP contribution in [0.2, 0.25) is 0 Å². The van der Waals surface area contributed by atoms with Gasteiger partial charge in [-0.1, -0.05) is 44.2 Å². The summed E-state index contributed by atoms with van der Waals surface area (Å²) in [5, 5.41) is 2.87. The number of carbonyl (C=O) groups excluding carboxylic acids is 1. The molecule has 20 heavy (non-hydrogen) atoms. The Morgan fingerprint density at radius 3 is 2.40 bits per heavy atom. The van der Waals surface area contributed by atoms with E-state index in [1.54, 1.807) is 7.11 Å². The quantitative estimate of drug-likeness (QED) is 0.812. The third kappa shape index (κ3) is 6.37. The monoisotopic (exact) mass is 300 g/mol. The predicted molar refractivity (Wildman–Crippen MR) is 83.9 cm³/mol. The zero-order valence-corrected chi connectivity index (χ0v) is 13.2. The number of carbonyl (C=O) groups is 1. The van der Waals surface area contributed by atoms with Crippen LogP contribution in [0.5, 0.6) is 0 Å². The number of rotatable bonds is 7. The molecule has 2 unspecified atom stereocenters. The molecule has 4 nitrogen and oxygen atoms in total. The summed E-state index contributed by atoms with van der Waals surface area (Å²) in [6.07, 6.45) is 0.329. The maximum atomic E-state index is 11.8. The van der Waals surface area contributed by atoms with E-state index < -0.39 is 0 Å². The van der Waals surface area contributed by atoms with Crippen molar-refractivity contribution in [1.29, 1.82) is 0 Å². The van der Waals surface area contributed by atoms with Crippen LogP contribution in [0, 0.1) is 5.92 Å². The minimum atomic E-state index is -0.263. The Hall–Kier alpha value is -1.10. The Morgan fingerprint density at radius 1 is 1.30 bits per heavy atom. The molecule has 1 aromatic rings. The van der Waals surface area contributed by atoms with Crippen molar-refractivity contribution in [3.8, 4) is 0 Å². The van der Waals surface area contributed by atoms with Gasteiger partial charge in [0.25, 0.3) is 0 Å². The third-order valence-corrected chi connectivity index (χ3v) is 3.18. The van der Waals surface area contributed by atoms with E-state index in [0.29, 0.717) is 18.9 Å². The van der Waals surface area contributed by atoms with Crippen LogP contribution < -0.4 is 11.1 Å². The third-order valence-electron chi connectivity index (χ3n) is 3.18. The Bertz CT molecular complexity index is 385. The number of amides is 1. The highest BCUT2D eigenvalue weighted by Crippen LogP contribution is 2.13. The van der Waals surface area contributed by atoms with Gasteiger partial charge in [0, 0.05) is 26.1 Å². The van der Waals surface area contributed by atoms with Gasteiger partial charge in [-0.05, 0) is 11.5 Å². The van der Waals surface area contributed by atoms with E-state index in [4.69, 9.17) is 10.5 Å². The maximum absolute atomic E-state index is 11.8. The average molecular weight is 301 g/mol. The lowest BCUT2D eigenvalue weighted by Gasteiger charge is -2.20. The van der Waals surface area contributed by atoms with Crippen LogP contribution in [-0.2, 0) is 9.53 Å². The molecule has 0 aromatic heterocycles. The molecule has 0 radical (unpaired) electrons. The molecule has 0 aliphatic heterocycles. The summed E-state index contributed by atoms with van der Waals surface area (Å²) >= 11 is 0. The van der Waals surface area contributed by atoms with Crippen LogP contribution in [0.15, 0.2) is 30.3 Å². The number of ether oxygens (including phenoxy) is 1. The number of hydrogen-bond acceptors (Lipinski definition) is 3. The minimum absolute atomic E-state index is 0. The molecule has 2 atom stereocenters. The molecule has 5 heteroatoms. The zero-order valence-electron chi connectivity index (χ0n) is 12.3. The molecule has 1 aromatic carbocycles. The summed E-state index contributed by atoms with van der Waals surface area (Å²) in [6.45, 7) is 4.65. The van der Waals surface area contributed by atoms with Crippen molar-refractivity contribution in [2.24, 2.45) is 11.7 Å². The summed E-state index contributed by atoms with van der Waals surface area (Å²) in [4.78, 5) is 11.8. The summed E-state index contributed by atoms with van der Waals surface area (Å²) in [7, 11) is 1.66. The van der Waals surface area contributed by atoms with Gasteiger partial charge in [-0.2, -0.15) is 0 Å². The van der Waals surface area contributed by atoms with Crippen LogP contribution in [0.1, 0.15) is 31.9 Å². The Labute approximate surface area is 127 Å². The molecular weight excluding hydrogens is 276 g/mol. The number of hydrogen-bond donors (Lipinski definition) is 2. The van der Waals surface area contributed by atoms with E-state index in [9.17, 15) is 4.79 Å². The van der Waals surface area contributed by atoms with Crippen LogP contribution in [0.25, 0.3) is 0 Å². The number of methoxy groups -OCH3 is 1. The standard InChI is InChI=1S/C15H24N2O2.ClH/c1-11(2)14(19-3)10-17-15(18)9-13(16)12-7-5-4-6-8-12;/h4-8,11,13-14H,9-10,16H2,1-3H3,(H,17,18);1H. The summed E-state index contributed by atoms with van der Waals surface area (Å²) in [5.74, 6) is 0.326. The molecule has 0 bridgehead atoms. The fourth-order valence-electron chi connectivity index (χ4n) is 1.90. The predicted octanol–water partition coefficient (Wildman–Crippen LogP) is 2.29. The van der Waals surface area contributed by atoms with Gasteiger partial charge >= 0.3 is 0 Å². The van der Waals surface area contributed by atoms with E-state index in [1.165, 1.54) is 0 Å². The maximum Gasteiger partial charge on any atom is 0.221 e. The Morgan fingerprint density at radius 2 is 1.90 bits per heavy atom. The fraction of sp³-hybridized carbons (Fsp3) is 0.533. The smallest absolute Gasteiger partial charge is 0.221 e. The first kappa shape index (κ1) is 18.9. The van der Waals surface area contributed by atoms with Crippen LogP contribution in [0.4, 0.5) is 0 Å². The SMILES string of the molecule is COC(CNC(=O)CC(N)c1ccccc1)C(C)C.Cl. The van der Waals surface area contributed by atoms with E-state index in [-0.39, 0.29) is 30.5 Å². The normalized spacial score (nSPS) is 13.4. The van der Waals surface area contributed by atoms with Gasteiger partial charge in [-0.15, -0.1) is 12.4 Å².